The van der Waals surface area contributed by atoms with Crippen molar-refractivity contribution in [3.05, 3.63) is 107 Å². The van der Waals surface area contributed by atoms with E-state index in [0.717, 1.165) is 27.0 Å². The number of esters is 1. The summed E-state index contributed by atoms with van der Waals surface area (Å²) in [5.74, 6) is -0.148. The standard InChI is InChI=1S/C26H20ClNO3S/c27-21-12-14-22(15-13-21)32-17-18-8-10-20(11-9-18)26(30)31-16-25(29)28-24-7-3-5-19-4-1-2-6-23(19)24/h1-15H,16-17H2,(H,28,29). The number of hydrogen-bond acceptors (Lipinski definition) is 4. The highest BCUT2D eigenvalue weighted by atomic mass is 35.5. The number of amides is 1. The lowest BCUT2D eigenvalue weighted by molar-refractivity contribution is -0.119. The minimum absolute atomic E-state index is 0.351. The third-order valence-electron chi connectivity index (χ3n) is 4.81. The van der Waals surface area contributed by atoms with Crippen molar-refractivity contribution in [2.75, 3.05) is 11.9 Å². The second-order valence-corrected chi connectivity index (χ2v) is 8.58. The van der Waals surface area contributed by atoms with Crippen molar-refractivity contribution >= 4 is 51.7 Å². The van der Waals surface area contributed by atoms with E-state index in [4.69, 9.17) is 16.3 Å². The summed E-state index contributed by atoms with van der Waals surface area (Å²) in [5.41, 5.74) is 2.17. The quantitative estimate of drug-likeness (QED) is 0.249. The molecule has 0 saturated heterocycles. The Morgan fingerprint density at radius 3 is 2.34 bits per heavy atom. The van der Waals surface area contributed by atoms with Crippen molar-refractivity contribution in [3.8, 4) is 0 Å². The number of ether oxygens (including phenoxy) is 1. The largest absolute Gasteiger partial charge is 0.452 e. The summed E-state index contributed by atoms with van der Waals surface area (Å²) in [6.45, 7) is -0.351. The zero-order valence-electron chi connectivity index (χ0n) is 17.1. The van der Waals surface area contributed by atoms with Gasteiger partial charge in [0, 0.05) is 26.7 Å². The van der Waals surface area contributed by atoms with Gasteiger partial charge < -0.3 is 10.1 Å². The van der Waals surface area contributed by atoms with Gasteiger partial charge in [-0.3, -0.25) is 4.79 Å². The fourth-order valence-electron chi connectivity index (χ4n) is 3.17. The smallest absolute Gasteiger partial charge is 0.338 e. The van der Waals surface area contributed by atoms with Crippen molar-refractivity contribution < 1.29 is 14.3 Å². The van der Waals surface area contributed by atoms with Crippen LogP contribution in [-0.4, -0.2) is 18.5 Å². The Morgan fingerprint density at radius 1 is 0.844 bits per heavy atom. The number of hydrogen-bond donors (Lipinski definition) is 1. The van der Waals surface area contributed by atoms with Crippen LogP contribution in [0.3, 0.4) is 0 Å². The van der Waals surface area contributed by atoms with Crippen molar-refractivity contribution in [2.24, 2.45) is 0 Å². The molecule has 160 valence electrons. The zero-order chi connectivity index (χ0) is 22.3. The van der Waals surface area contributed by atoms with Crippen LogP contribution in [0, 0.1) is 0 Å². The molecule has 0 radical (unpaired) electrons. The monoisotopic (exact) mass is 461 g/mol. The van der Waals surface area contributed by atoms with E-state index in [-0.39, 0.29) is 12.5 Å². The first-order valence-corrected chi connectivity index (χ1v) is 11.4. The molecule has 0 heterocycles. The molecular weight excluding hydrogens is 442 g/mol. The summed E-state index contributed by atoms with van der Waals surface area (Å²) in [7, 11) is 0. The predicted molar refractivity (Wildman–Crippen MR) is 130 cm³/mol. The molecule has 4 nitrogen and oxygen atoms in total. The van der Waals surface area contributed by atoms with Gasteiger partial charge >= 0.3 is 5.97 Å². The Kier molecular flexibility index (Phi) is 7.10. The van der Waals surface area contributed by atoms with E-state index in [1.54, 1.807) is 23.9 Å². The van der Waals surface area contributed by atoms with Crippen LogP contribution in [-0.2, 0) is 15.3 Å². The van der Waals surface area contributed by atoms with Gasteiger partial charge in [-0.1, -0.05) is 60.1 Å². The first kappa shape index (κ1) is 21.9. The van der Waals surface area contributed by atoms with E-state index in [2.05, 4.69) is 5.32 Å². The second kappa shape index (κ2) is 10.4. The van der Waals surface area contributed by atoms with Gasteiger partial charge in [-0.05, 0) is 53.4 Å². The summed E-state index contributed by atoms with van der Waals surface area (Å²) in [6.07, 6.45) is 0. The maximum atomic E-state index is 12.3. The molecule has 4 aromatic carbocycles. The number of halogens is 1. The summed E-state index contributed by atoms with van der Waals surface area (Å²) < 4.78 is 5.19. The van der Waals surface area contributed by atoms with Crippen LogP contribution >= 0.6 is 23.4 Å². The molecule has 0 atom stereocenters. The van der Waals surface area contributed by atoms with Gasteiger partial charge in [-0.15, -0.1) is 11.8 Å². The molecule has 0 spiro atoms. The predicted octanol–water partition coefficient (Wildman–Crippen LogP) is 6.58. The topological polar surface area (TPSA) is 55.4 Å². The van der Waals surface area contributed by atoms with Crippen LogP contribution in [0.4, 0.5) is 5.69 Å². The highest BCUT2D eigenvalue weighted by molar-refractivity contribution is 7.98. The number of carbonyl (C=O) groups is 2. The fourth-order valence-corrected chi connectivity index (χ4v) is 4.15. The number of carbonyl (C=O) groups excluding carboxylic acids is 2. The Hall–Kier alpha value is -3.28. The first-order chi connectivity index (χ1) is 15.6. The fraction of sp³-hybridized carbons (Fsp3) is 0.0769. The zero-order valence-corrected chi connectivity index (χ0v) is 18.7. The van der Waals surface area contributed by atoms with E-state index < -0.39 is 5.97 Å². The molecule has 0 aliphatic rings. The summed E-state index contributed by atoms with van der Waals surface area (Å²) in [5, 5.41) is 5.48. The average molecular weight is 462 g/mol. The Morgan fingerprint density at radius 2 is 1.56 bits per heavy atom. The molecule has 4 aromatic rings. The van der Waals surface area contributed by atoms with Crippen molar-refractivity contribution in [2.45, 2.75) is 10.6 Å². The van der Waals surface area contributed by atoms with Gasteiger partial charge in [-0.2, -0.15) is 0 Å². The molecule has 0 aliphatic carbocycles. The lowest BCUT2D eigenvalue weighted by Gasteiger charge is -2.09. The van der Waals surface area contributed by atoms with Gasteiger partial charge in [0.1, 0.15) is 0 Å². The molecule has 6 heteroatoms. The van der Waals surface area contributed by atoms with E-state index >= 15 is 0 Å². The molecule has 1 N–H and O–H groups in total. The maximum Gasteiger partial charge on any atom is 0.338 e. The molecular formula is C26H20ClNO3S. The summed E-state index contributed by atoms with van der Waals surface area (Å²) >= 11 is 7.59. The highest BCUT2D eigenvalue weighted by Gasteiger charge is 2.11. The van der Waals surface area contributed by atoms with E-state index in [1.807, 2.05) is 78.9 Å². The van der Waals surface area contributed by atoms with Crippen LogP contribution in [0.1, 0.15) is 15.9 Å². The summed E-state index contributed by atoms with van der Waals surface area (Å²) in [6, 6.07) is 28.3. The van der Waals surface area contributed by atoms with Crippen molar-refractivity contribution in [3.63, 3.8) is 0 Å². The van der Waals surface area contributed by atoms with Crippen LogP contribution in [0.25, 0.3) is 10.8 Å². The van der Waals surface area contributed by atoms with Crippen LogP contribution in [0.2, 0.25) is 5.02 Å². The Bertz CT molecular complexity index is 1230. The lowest BCUT2D eigenvalue weighted by Crippen LogP contribution is -2.21. The Labute approximate surface area is 195 Å². The normalized spacial score (nSPS) is 10.7. The number of thioether (sulfide) groups is 1. The van der Waals surface area contributed by atoms with Gasteiger partial charge in [0.15, 0.2) is 6.61 Å². The molecule has 0 unspecified atom stereocenters. The van der Waals surface area contributed by atoms with Gasteiger partial charge in [0.2, 0.25) is 0 Å². The Balaban J connectivity index is 1.29. The van der Waals surface area contributed by atoms with Crippen LogP contribution in [0.15, 0.2) is 95.9 Å². The van der Waals surface area contributed by atoms with Gasteiger partial charge in [-0.25, -0.2) is 4.79 Å². The third kappa shape index (κ3) is 5.69. The van der Waals surface area contributed by atoms with Crippen molar-refractivity contribution in [1.82, 2.24) is 0 Å². The van der Waals surface area contributed by atoms with E-state index in [9.17, 15) is 9.59 Å². The van der Waals surface area contributed by atoms with Crippen molar-refractivity contribution in [1.29, 1.82) is 0 Å². The number of anilines is 1. The molecule has 4 rings (SSSR count). The van der Waals surface area contributed by atoms with Crippen LogP contribution in [0.5, 0.6) is 0 Å². The average Bonchev–Trinajstić information content (AvgIpc) is 2.83. The van der Waals surface area contributed by atoms with E-state index in [0.29, 0.717) is 16.3 Å². The number of rotatable bonds is 7. The lowest BCUT2D eigenvalue weighted by atomic mass is 10.1. The van der Waals surface area contributed by atoms with Gasteiger partial charge in [0.05, 0.1) is 5.56 Å². The molecule has 32 heavy (non-hydrogen) atoms. The number of nitrogens with one attached hydrogen (secondary N) is 1. The minimum Gasteiger partial charge on any atom is -0.452 e. The molecule has 0 bridgehead atoms. The second-order valence-electron chi connectivity index (χ2n) is 7.09. The van der Waals surface area contributed by atoms with Crippen LogP contribution < -0.4 is 5.32 Å². The minimum atomic E-state index is -0.532. The molecule has 1 amide bonds. The van der Waals surface area contributed by atoms with Gasteiger partial charge in [0.25, 0.3) is 5.91 Å². The molecule has 0 fully saturated rings. The maximum absolute atomic E-state index is 12.3. The molecule has 0 aromatic heterocycles. The SMILES string of the molecule is O=C(COC(=O)c1ccc(CSc2ccc(Cl)cc2)cc1)Nc1cccc2ccccc12. The first-order valence-electron chi connectivity index (χ1n) is 10.0. The molecule has 0 aliphatic heterocycles. The molecule has 0 saturated carbocycles. The summed E-state index contributed by atoms with van der Waals surface area (Å²) in [4.78, 5) is 25.7. The van der Waals surface area contributed by atoms with E-state index in [1.165, 1.54) is 0 Å². The number of fused-ring (bicyclic) bond motifs is 1. The third-order valence-corrected chi connectivity index (χ3v) is 6.14. The highest BCUT2D eigenvalue weighted by Crippen LogP contribution is 2.25. The number of benzene rings is 4.